The van der Waals surface area contributed by atoms with Crippen molar-refractivity contribution in [1.29, 1.82) is 0 Å². The second-order valence-corrected chi connectivity index (χ2v) is 4.89. The number of amides is 1. The van der Waals surface area contributed by atoms with E-state index in [4.69, 9.17) is 0 Å². The van der Waals surface area contributed by atoms with Gasteiger partial charge in [-0.25, -0.2) is 19.1 Å². The van der Waals surface area contributed by atoms with Gasteiger partial charge in [-0.05, 0) is 12.8 Å². The highest BCUT2D eigenvalue weighted by Crippen LogP contribution is 2.24. The van der Waals surface area contributed by atoms with E-state index in [-0.39, 0.29) is 24.2 Å². The van der Waals surface area contributed by atoms with Crippen molar-refractivity contribution in [2.24, 2.45) is 0 Å². The Kier molecular flexibility index (Phi) is 5.11. The summed E-state index contributed by atoms with van der Waals surface area (Å²) >= 11 is 0. The van der Waals surface area contributed by atoms with Gasteiger partial charge in [-0.2, -0.15) is 0 Å². The van der Waals surface area contributed by atoms with Crippen molar-refractivity contribution >= 4 is 23.8 Å². The lowest BCUT2D eigenvalue weighted by Crippen LogP contribution is -2.49. The van der Waals surface area contributed by atoms with Crippen LogP contribution in [0.1, 0.15) is 39.9 Å². The molecule has 0 aromatic carbocycles. The van der Waals surface area contributed by atoms with Crippen LogP contribution in [0, 0.1) is 0 Å². The number of methoxy groups -OCH3 is 3. The minimum Gasteiger partial charge on any atom is -0.467 e. The summed E-state index contributed by atoms with van der Waals surface area (Å²) in [6, 6.07) is -1.70. The molecular formula is C13H16N4O7. The third kappa shape index (κ3) is 3.05. The Balaban J connectivity index is 2.34. The zero-order valence-electron chi connectivity index (χ0n) is 13.3. The normalized spacial score (nSPS) is 20.0. The number of ether oxygens (including phenoxy) is 3. The minimum absolute atomic E-state index is 0.194. The molecule has 1 fully saturated rings. The molecule has 2 unspecified atom stereocenters. The van der Waals surface area contributed by atoms with E-state index in [1.54, 1.807) is 0 Å². The lowest BCUT2D eigenvalue weighted by molar-refractivity contribution is -0.147. The van der Waals surface area contributed by atoms with Gasteiger partial charge in [0.2, 0.25) is 11.6 Å². The van der Waals surface area contributed by atoms with Gasteiger partial charge in [-0.15, -0.1) is 5.10 Å². The number of carbonyl (C=O) groups excluding carboxylic acids is 4. The molecule has 1 aliphatic heterocycles. The molecule has 11 heteroatoms. The number of rotatable bonds is 4. The summed E-state index contributed by atoms with van der Waals surface area (Å²) in [4.78, 5) is 47.4. The van der Waals surface area contributed by atoms with Crippen LogP contribution in [0.5, 0.6) is 0 Å². The van der Waals surface area contributed by atoms with Crippen molar-refractivity contribution in [3.8, 4) is 0 Å². The first-order chi connectivity index (χ1) is 11.4. The molecule has 24 heavy (non-hydrogen) atoms. The largest absolute Gasteiger partial charge is 0.467 e. The van der Waals surface area contributed by atoms with Crippen LogP contribution in [0.3, 0.4) is 0 Å². The molecule has 1 aromatic rings. The van der Waals surface area contributed by atoms with Crippen molar-refractivity contribution in [2.75, 3.05) is 21.3 Å². The van der Waals surface area contributed by atoms with E-state index in [2.05, 4.69) is 29.8 Å². The molecule has 1 saturated heterocycles. The van der Waals surface area contributed by atoms with Gasteiger partial charge in [0.05, 0.1) is 21.3 Å². The van der Waals surface area contributed by atoms with Crippen LogP contribution in [0.2, 0.25) is 0 Å². The number of hydrogen-bond acceptors (Lipinski definition) is 9. The quantitative estimate of drug-likeness (QED) is 0.531. The molecule has 1 aliphatic rings. The molecule has 1 amide bonds. The van der Waals surface area contributed by atoms with Crippen molar-refractivity contribution in [1.82, 2.24) is 20.3 Å². The summed E-state index contributed by atoms with van der Waals surface area (Å²) in [6.45, 7) is 0. The maximum Gasteiger partial charge on any atom is 0.361 e. The van der Waals surface area contributed by atoms with Gasteiger partial charge in [-0.3, -0.25) is 4.79 Å². The molecule has 11 nitrogen and oxygen atoms in total. The Morgan fingerprint density at radius 2 is 1.75 bits per heavy atom. The molecule has 0 aliphatic carbocycles. The third-order valence-electron chi connectivity index (χ3n) is 3.58. The van der Waals surface area contributed by atoms with Crippen LogP contribution in [0.25, 0.3) is 0 Å². The standard InChI is InChI=1S/C13H16N4O7/c1-22-11(19)6-4-5-7(10(18)14-6)17-9(13(21)24-3)8(15-16-17)12(20)23-2/h6-7H,4-5H2,1-3H3,(H,14,18). The molecule has 2 heterocycles. The van der Waals surface area contributed by atoms with Crippen LogP contribution in [0.4, 0.5) is 0 Å². The average Bonchev–Trinajstić information content (AvgIpc) is 3.04. The molecular weight excluding hydrogens is 324 g/mol. The number of nitrogens with one attached hydrogen (secondary N) is 1. The average molecular weight is 340 g/mol. The van der Waals surface area contributed by atoms with E-state index in [1.165, 1.54) is 7.11 Å². The summed E-state index contributed by atoms with van der Waals surface area (Å²) in [5, 5.41) is 9.79. The Morgan fingerprint density at radius 3 is 2.29 bits per heavy atom. The predicted molar refractivity (Wildman–Crippen MR) is 74.9 cm³/mol. The van der Waals surface area contributed by atoms with E-state index in [1.807, 2.05) is 0 Å². The molecule has 0 bridgehead atoms. The van der Waals surface area contributed by atoms with Crippen LogP contribution in [-0.2, 0) is 23.8 Å². The van der Waals surface area contributed by atoms with E-state index in [9.17, 15) is 19.2 Å². The Morgan fingerprint density at radius 1 is 1.08 bits per heavy atom. The number of carbonyl (C=O) groups is 4. The maximum absolute atomic E-state index is 12.3. The van der Waals surface area contributed by atoms with Gasteiger partial charge in [0.1, 0.15) is 12.1 Å². The maximum atomic E-state index is 12.3. The van der Waals surface area contributed by atoms with E-state index < -0.39 is 35.9 Å². The van der Waals surface area contributed by atoms with Gasteiger partial charge in [-0.1, -0.05) is 5.21 Å². The first kappa shape index (κ1) is 17.4. The Bertz CT molecular complexity index is 684. The zero-order valence-corrected chi connectivity index (χ0v) is 13.3. The number of piperidine rings is 1. The highest BCUT2D eigenvalue weighted by molar-refractivity contribution is 6.01. The van der Waals surface area contributed by atoms with Gasteiger partial charge in [0.25, 0.3) is 0 Å². The number of aromatic nitrogens is 3. The fraction of sp³-hybridized carbons (Fsp3) is 0.538. The zero-order chi connectivity index (χ0) is 17.9. The monoisotopic (exact) mass is 340 g/mol. The molecule has 130 valence electrons. The molecule has 0 saturated carbocycles. The van der Waals surface area contributed by atoms with Crippen LogP contribution >= 0.6 is 0 Å². The Hall–Kier alpha value is -2.98. The fourth-order valence-corrected chi connectivity index (χ4v) is 2.38. The summed E-state index contributed by atoms with van der Waals surface area (Å²) in [6.07, 6.45) is 0.469. The third-order valence-corrected chi connectivity index (χ3v) is 3.58. The van der Waals surface area contributed by atoms with E-state index >= 15 is 0 Å². The molecule has 1 aromatic heterocycles. The highest BCUT2D eigenvalue weighted by Gasteiger charge is 2.38. The summed E-state index contributed by atoms with van der Waals surface area (Å²) in [7, 11) is 3.46. The van der Waals surface area contributed by atoms with E-state index in [0.29, 0.717) is 0 Å². The number of hydrogen-bond donors (Lipinski definition) is 1. The minimum atomic E-state index is -0.925. The Labute approximate surface area is 136 Å². The van der Waals surface area contributed by atoms with Gasteiger partial charge >= 0.3 is 17.9 Å². The highest BCUT2D eigenvalue weighted by atomic mass is 16.5. The van der Waals surface area contributed by atoms with Gasteiger partial charge < -0.3 is 19.5 Å². The van der Waals surface area contributed by atoms with Crippen molar-refractivity contribution in [3.05, 3.63) is 11.4 Å². The first-order valence-electron chi connectivity index (χ1n) is 6.94. The van der Waals surface area contributed by atoms with Crippen LogP contribution in [-0.4, -0.2) is 66.2 Å². The fourth-order valence-electron chi connectivity index (χ4n) is 2.38. The molecule has 0 radical (unpaired) electrons. The van der Waals surface area contributed by atoms with Crippen molar-refractivity contribution in [2.45, 2.75) is 24.9 Å². The predicted octanol–water partition coefficient (Wildman–Crippen LogP) is -1.16. The summed E-state index contributed by atoms with van der Waals surface area (Å²) < 4.78 is 14.7. The second kappa shape index (κ2) is 7.06. The first-order valence-corrected chi connectivity index (χ1v) is 6.94. The lowest BCUT2D eigenvalue weighted by Gasteiger charge is -2.27. The second-order valence-electron chi connectivity index (χ2n) is 4.89. The number of nitrogens with zero attached hydrogens (tertiary/aromatic N) is 3. The van der Waals surface area contributed by atoms with Crippen molar-refractivity contribution in [3.63, 3.8) is 0 Å². The van der Waals surface area contributed by atoms with Crippen molar-refractivity contribution < 1.29 is 33.4 Å². The summed E-state index contributed by atoms with van der Waals surface area (Å²) in [5.74, 6) is -2.89. The van der Waals surface area contributed by atoms with Crippen LogP contribution < -0.4 is 5.32 Å². The summed E-state index contributed by atoms with van der Waals surface area (Å²) in [5.41, 5.74) is -0.645. The molecule has 2 atom stereocenters. The topological polar surface area (TPSA) is 139 Å². The number of esters is 3. The molecule has 1 N–H and O–H groups in total. The van der Waals surface area contributed by atoms with Gasteiger partial charge in [0, 0.05) is 0 Å². The van der Waals surface area contributed by atoms with E-state index in [0.717, 1.165) is 18.9 Å². The lowest BCUT2D eigenvalue weighted by atomic mass is 10.00. The molecule has 2 rings (SSSR count). The SMILES string of the molecule is COC(=O)c1nnn(C2CCC(C(=O)OC)NC2=O)c1C(=O)OC. The van der Waals surface area contributed by atoms with Crippen LogP contribution in [0.15, 0.2) is 0 Å². The molecule has 0 spiro atoms. The smallest absolute Gasteiger partial charge is 0.361 e. The van der Waals surface area contributed by atoms with Gasteiger partial charge in [0.15, 0.2) is 5.69 Å².